The van der Waals surface area contributed by atoms with Crippen LogP contribution in [0, 0.1) is 16.0 Å². The number of rotatable bonds is 2. The Morgan fingerprint density at radius 1 is 1.65 bits per heavy atom. The number of nitro groups is 1. The molecule has 17 heavy (non-hydrogen) atoms. The molecule has 1 fully saturated rings. The van der Waals surface area contributed by atoms with Crippen LogP contribution in [0.5, 0.6) is 0 Å². The van der Waals surface area contributed by atoms with Crippen molar-refractivity contribution < 1.29 is 4.92 Å². The third-order valence-electron chi connectivity index (χ3n) is 2.92. The van der Waals surface area contributed by atoms with Crippen molar-refractivity contribution in [1.82, 2.24) is 9.97 Å². The number of anilines is 2. The van der Waals surface area contributed by atoms with Gasteiger partial charge in [0.15, 0.2) is 0 Å². The Hall–Kier alpha value is -1.92. The van der Waals surface area contributed by atoms with E-state index >= 15 is 0 Å². The lowest BCUT2D eigenvalue weighted by molar-refractivity contribution is -0.384. The molecule has 7 heteroatoms. The third-order valence-corrected chi connectivity index (χ3v) is 2.92. The first-order valence-electron chi connectivity index (χ1n) is 5.60. The molecule has 1 saturated heterocycles. The maximum atomic E-state index is 10.6. The van der Waals surface area contributed by atoms with E-state index in [1.54, 1.807) is 0 Å². The zero-order valence-electron chi connectivity index (χ0n) is 9.67. The first kappa shape index (κ1) is 11.6. The molecule has 1 unspecified atom stereocenters. The van der Waals surface area contributed by atoms with E-state index in [-0.39, 0.29) is 11.5 Å². The maximum absolute atomic E-state index is 10.6. The first-order valence-corrected chi connectivity index (χ1v) is 5.60. The molecule has 0 aromatic carbocycles. The number of nitrogens with two attached hydrogens (primary N) is 1. The quantitative estimate of drug-likeness (QED) is 0.613. The predicted octanol–water partition coefficient (Wildman–Crippen LogP) is 1.20. The molecule has 1 aliphatic heterocycles. The zero-order valence-corrected chi connectivity index (χ0v) is 9.67. The summed E-state index contributed by atoms with van der Waals surface area (Å²) in [5, 5.41) is 10.6. The molecule has 0 saturated carbocycles. The molecule has 0 amide bonds. The van der Waals surface area contributed by atoms with Crippen molar-refractivity contribution in [2.45, 2.75) is 19.8 Å². The van der Waals surface area contributed by atoms with Gasteiger partial charge in [-0.25, -0.2) is 4.98 Å². The molecule has 2 heterocycles. The zero-order chi connectivity index (χ0) is 12.4. The smallest absolute Gasteiger partial charge is 0.329 e. The maximum Gasteiger partial charge on any atom is 0.329 e. The second kappa shape index (κ2) is 4.52. The Labute approximate surface area is 98.8 Å². The average molecular weight is 237 g/mol. The molecule has 2 N–H and O–H groups in total. The van der Waals surface area contributed by atoms with E-state index in [9.17, 15) is 10.1 Å². The van der Waals surface area contributed by atoms with E-state index in [0.29, 0.717) is 11.9 Å². The Kier molecular flexibility index (Phi) is 3.08. The van der Waals surface area contributed by atoms with Gasteiger partial charge < -0.3 is 10.6 Å². The van der Waals surface area contributed by atoms with Crippen LogP contribution in [0.4, 0.5) is 17.5 Å². The first-order chi connectivity index (χ1) is 8.08. The lowest BCUT2D eigenvalue weighted by atomic mass is 10.0. The number of aromatic nitrogens is 2. The summed E-state index contributed by atoms with van der Waals surface area (Å²) in [5.41, 5.74) is 5.31. The monoisotopic (exact) mass is 237 g/mol. The van der Waals surface area contributed by atoms with Crippen LogP contribution in [-0.4, -0.2) is 28.0 Å². The van der Waals surface area contributed by atoms with Crippen LogP contribution in [-0.2, 0) is 0 Å². The number of hydrogen-bond acceptors (Lipinski definition) is 6. The number of nitrogens with zero attached hydrogens (tertiary/aromatic N) is 4. The summed E-state index contributed by atoms with van der Waals surface area (Å²) in [6.45, 7) is 3.92. The van der Waals surface area contributed by atoms with Crippen molar-refractivity contribution in [3.8, 4) is 0 Å². The minimum atomic E-state index is -0.571. The molecule has 1 atom stereocenters. The Balaban J connectivity index is 2.22. The van der Waals surface area contributed by atoms with Crippen LogP contribution in [0.15, 0.2) is 6.20 Å². The lowest BCUT2D eigenvalue weighted by Crippen LogP contribution is -2.35. The minimum Gasteiger partial charge on any atom is -0.378 e. The van der Waals surface area contributed by atoms with Crippen molar-refractivity contribution in [2.24, 2.45) is 5.92 Å². The normalized spacial score (nSPS) is 20.3. The van der Waals surface area contributed by atoms with Crippen molar-refractivity contribution >= 4 is 17.5 Å². The van der Waals surface area contributed by atoms with Gasteiger partial charge in [0.2, 0.25) is 11.8 Å². The molecule has 7 nitrogen and oxygen atoms in total. The van der Waals surface area contributed by atoms with Gasteiger partial charge in [-0.1, -0.05) is 6.92 Å². The summed E-state index contributed by atoms with van der Waals surface area (Å²) in [7, 11) is 0. The average Bonchev–Trinajstić information content (AvgIpc) is 2.28. The number of hydrogen-bond donors (Lipinski definition) is 1. The Morgan fingerprint density at radius 3 is 3.00 bits per heavy atom. The molecular formula is C10H15N5O2. The molecular weight excluding hydrogens is 222 g/mol. The van der Waals surface area contributed by atoms with Gasteiger partial charge in [-0.15, -0.1) is 0 Å². The Bertz CT molecular complexity index is 437. The summed E-state index contributed by atoms with van der Waals surface area (Å²) >= 11 is 0. The van der Waals surface area contributed by atoms with Crippen LogP contribution in [0.2, 0.25) is 0 Å². The van der Waals surface area contributed by atoms with Gasteiger partial charge in [0, 0.05) is 13.1 Å². The predicted molar refractivity (Wildman–Crippen MR) is 63.7 cm³/mol. The highest BCUT2D eigenvalue weighted by Gasteiger charge is 2.21. The van der Waals surface area contributed by atoms with Crippen LogP contribution in [0.1, 0.15) is 19.8 Å². The van der Waals surface area contributed by atoms with Gasteiger partial charge in [-0.05, 0) is 18.8 Å². The fourth-order valence-electron chi connectivity index (χ4n) is 2.04. The molecule has 1 aromatic rings. The fourth-order valence-corrected chi connectivity index (χ4v) is 2.04. The van der Waals surface area contributed by atoms with Crippen LogP contribution < -0.4 is 10.6 Å². The molecule has 0 spiro atoms. The van der Waals surface area contributed by atoms with Crippen molar-refractivity contribution in [1.29, 1.82) is 0 Å². The second-order valence-electron chi connectivity index (χ2n) is 4.39. The second-order valence-corrected chi connectivity index (χ2v) is 4.39. The highest BCUT2D eigenvalue weighted by molar-refractivity contribution is 5.53. The van der Waals surface area contributed by atoms with Crippen molar-refractivity contribution in [3.05, 3.63) is 16.3 Å². The van der Waals surface area contributed by atoms with E-state index in [0.717, 1.165) is 19.5 Å². The van der Waals surface area contributed by atoms with Gasteiger partial charge in [0.05, 0.1) is 4.92 Å². The van der Waals surface area contributed by atoms with Crippen LogP contribution in [0.25, 0.3) is 0 Å². The van der Waals surface area contributed by atoms with E-state index in [4.69, 9.17) is 5.73 Å². The summed E-state index contributed by atoms with van der Waals surface area (Å²) in [6, 6.07) is 0. The minimum absolute atomic E-state index is 0.0711. The highest BCUT2D eigenvalue weighted by atomic mass is 16.6. The lowest BCUT2D eigenvalue weighted by Gasteiger charge is -2.30. The van der Waals surface area contributed by atoms with Gasteiger partial charge in [0.1, 0.15) is 6.20 Å². The van der Waals surface area contributed by atoms with Crippen LogP contribution in [0.3, 0.4) is 0 Å². The number of piperidine rings is 1. The van der Waals surface area contributed by atoms with E-state index in [1.807, 2.05) is 4.90 Å². The standard InChI is InChI=1S/C10H15N5O2/c1-7-3-2-4-14(6-7)10-12-5-8(15(16)17)9(11)13-10/h5,7H,2-4,6H2,1H3,(H2,11,12,13). The summed E-state index contributed by atoms with van der Waals surface area (Å²) in [6.07, 6.45) is 3.46. The SMILES string of the molecule is CC1CCCN(c2ncc([N+](=O)[O-])c(N)n2)C1. The summed E-state index contributed by atoms with van der Waals surface area (Å²) < 4.78 is 0. The molecule has 2 rings (SSSR count). The fraction of sp³-hybridized carbons (Fsp3) is 0.600. The Morgan fingerprint density at radius 2 is 2.41 bits per heavy atom. The van der Waals surface area contributed by atoms with E-state index < -0.39 is 4.92 Å². The molecule has 1 aromatic heterocycles. The van der Waals surface area contributed by atoms with Gasteiger partial charge in [-0.2, -0.15) is 4.98 Å². The van der Waals surface area contributed by atoms with Crippen molar-refractivity contribution in [2.75, 3.05) is 23.7 Å². The van der Waals surface area contributed by atoms with Gasteiger partial charge in [0.25, 0.3) is 0 Å². The third kappa shape index (κ3) is 2.43. The van der Waals surface area contributed by atoms with E-state index in [1.165, 1.54) is 12.6 Å². The molecule has 1 aliphatic rings. The molecule has 0 radical (unpaired) electrons. The highest BCUT2D eigenvalue weighted by Crippen LogP contribution is 2.23. The molecule has 0 aliphatic carbocycles. The molecule has 92 valence electrons. The number of nitrogen functional groups attached to an aromatic ring is 1. The van der Waals surface area contributed by atoms with Crippen LogP contribution >= 0.6 is 0 Å². The van der Waals surface area contributed by atoms with Gasteiger partial charge in [-0.3, -0.25) is 10.1 Å². The van der Waals surface area contributed by atoms with Crippen molar-refractivity contribution in [3.63, 3.8) is 0 Å². The van der Waals surface area contributed by atoms with Gasteiger partial charge >= 0.3 is 5.69 Å². The molecule has 0 bridgehead atoms. The summed E-state index contributed by atoms with van der Waals surface area (Å²) in [5.74, 6) is 1.00. The summed E-state index contributed by atoms with van der Waals surface area (Å²) in [4.78, 5) is 20.1. The topological polar surface area (TPSA) is 98.2 Å². The largest absolute Gasteiger partial charge is 0.378 e. The van der Waals surface area contributed by atoms with E-state index in [2.05, 4.69) is 16.9 Å².